The first kappa shape index (κ1) is 21.6. The normalized spacial score (nSPS) is 14.2. The lowest BCUT2D eigenvalue weighted by molar-refractivity contribution is -0.132. The molecule has 0 radical (unpaired) electrons. The van der Waals surface area contributed by atoms with Crippen LogP contribution >= 0.6 is 34.5 Å². The number of carboxylic acid groups (broad SMARTS) is 1. The Morgan fingerprint density at radius 1 is 1.06 bits per heavy atom. The van der Waals surface area contributed by atoms with Crippen LogP contribution in [0.4, 0.5) is 10.1 Å². The summed E-state index contributed by atoms with van der Waals surface area (Å²) in [6, 6.07) is 9.59. The van der Waals surface area contributed by atoms with E-state index in [1.165, 1.54) is 23.5 Å². The Balaban J connectivity index is 1.47. The van der Waals surface area contributed by atoms with E-state index >= 15 is 0 Å². The Hall–Kier alpha value is -2.62. The number of thiophene rings is 1. The monoisotopic (exact) mass is 482 g/mol. The quantitative estimate of drug-likeness (QED) is 0.591. The molecule has 0 unspecified atom stereocenters. The largest absolute Gasteiger partial charge is 0.476 e. The molecule has 1 aliphatic rings. The second-order valence-corrected chi connectivity index (χ2v) is 9.02. The van der Waals surface area contributed by atoms with Crippen molar-refractivity contribution in [1.29, 1.82) is 0 Å². The SMILES string of the molecule is O=C(O)c1c(Cl)c(-c2ccc(Cl)s2)nn1CC(=O)N1CCN(c2ccc(F)cc2)CC1. The van der Waals surface area contributed by atoms with Crippen molar-refractivity contribution in [2.75, 3.05) is 31.1 Å². The molecule has 1 fully saturated rings. The van der Waals surface area contributed by atoms with Gasteiger partial charge in [-0.25, -0.2) is 13.9 Å². The summed E-state index contributed by atoms with van der Waals surface area (Å²) in [5, 5.41) is 13.8. The molecule has 2 aromatic heterocycles. The fraction of sp³-hybridized carbons (Fsp3) is 0.250. The van der Waals surface area contributed by atoms with Gasteiger partial charge in [0.2, 0.25) is 5.91 Å². The van der Waals surface area contributed by atoms with Crippen LogP contribution in [0.25, 0.3) is 10.6 Å². The number of benzene rings is 1. The van der Waals surface area contributed by atoms with Gasteiger partial charge in [-0.3, -0.25) is 4.79 Å². The molecule has 7 nitrogen and oxygen atoms in total. The number of hydrogen-bond acceptors (Lipinski definition) is 5. The number of nitrogens with zero attached hydrogens (tertiary/aromatic N) is 4. The molecule has 0 spiro atoms. The van der Waals surface area contributed by atoms with E-state index in [-0.39, 0.29) is 34.7 Å². The summed E-state index contributed by atoms with van der Waals surface area (Å²) in [4.78, 5) is 28.9. The maximum atomic E-state index is 13.1. The average molecular weight is 483 g/mol. The van der Waals surface area contributed by atoms with Crippen molar-refractivity contribution in [3.63, 3.8) is 0 Å². The summed E-state index contributed by atoms with van der Waals surface area (Å²) >= 11 is 13.5. The Kier molecular flexibility index (Phi) is 6.17. The van der Waals surface area contributed by atoms with E-state index in [1.807, 2.05) is 0 Å². The van der Waals surface area contributed by atoms with Gasteiger partial charge < -0.3 is 14.9 Å². The molecule has 1 aromatic carbocycles. The number of carboxylic acids is 1. The molecule has 1 amide bonds. The molecule has 1 N–H and O–H groups in total. The Morgan fingerprint density at radius 2 is 1.74 bits per heavy atom. The van der Waals surface area contributed by atoms with Gasteiger partial charge in [-0.05, 0) is 36.4 Å². The van der Waals surface area contributed by atoms with Gasteiger partial charge in [-0.2, -0.15) is 5.10 Å². The first-order valence-electron chi connectivity index (χ1n) is 9.37. The van der Waals surface area contributed by atoms with Crippen LogP contribution in [0.2, 0.25) is 9.36 Å². The summed E-state index contributed by atoms with van der Waals surface area (Å²) in [6.45, 7) is 1.85. The van der Waals surface area contributed by atoms with E-state index in [0.29, 0.717) is 35.4 Å². The van der Waals surface area contributed by atoms with Crippen LogP contribution in [0.15, 0.2) is 36.4 Å². The number of halogens is 3. The molecule has 1 saturated heterocycles. The topological polar surface area (TPSA) is 78.7 Å². The Bertz CT molecular complexity index is 1120. The van der Waals surface area contributed by atoms with E-state index in [9.17, 15) is 19.1 Å². The fourth-order valence-electron chi connectivity index (χ4n) is 3.45. The molecule has 1 aliphatic heterocycles. The third-order valence-electron chi connectivity index (χ3n) is 5.01. The molecule has 0 saturated carbocycles. The van der Waals surface area contributed by atoms with Crippen LogP contribution in [0, 0.1) is 5.82 Å². The molecule has 0 aliphatic carbocycles. The first-order chi connectivity index (χ1) is 14.8. The maximum Gasteiger partial charge on any atom is 0.355 e. The van der Waals surface area contributed by atoms with Crippen molar-refractivity contribution >= 4 is 52.1 Å². The molecule has 3 aromatic rings. The number of rotatable bonds is 5. The third kappa shape index (κ3) is 4.53. The number of carbonyl (C=O) groups is 2. The van der Waals surface area contributed by atoms with Gasteiger partial charge in [0.25, 0.3) is 0 Å². The lowest BCUT2D eigenvalue weighted by Crippen LogP contribution is -2.49. The van der Waals surface area contributed by atoms with Crippen molar-refractivity contribution in [1.82, 2.24) is 14.7 Å². The molecule has 162 valence electrons. The number of hydrogen-bond donors (Lipinski definition) is 1. The summed E-state index contributed by atoms with van der Waals surface area (Å²) in [7, 11) is 0. The number of aromatic carboxylic acids is 1. The predicted octanol–water partition coefficient (Wildman–Crippen LogP) is 4.10. The van der Waals surface area contributed by atoms with Gasteiger partial charge in [-0.1, -0.05) is 23.2 Å². The Morgan fingerprint density at radius 3 is 2.32 bits per heavy atom. The van der Waals surface area contributed by atoms with Crippen LogP contribution in [0.1, 0.15) is 10.5 Å². The highest BCUT2D eigenvalue weighted by Crippen LogP contribution is 2.36. The summed E-state index contributed by atoms with van der Waals surface area (Å²) in [5.74, 6) is -1.81. The van der Waals surface area contributed by atoms with E-state index in [4.69, 9.17) is 23.2 Å². The van der Waals surface area contributed by atoms with Gasteiger partial charge in [0.05, 0.1) is 9.21 Å². The highest BCUT2D eigenvalue weighted by atomic mass is 35.5. The van der Waals surface area contributed by atoms with Crippen molar-refractivity contribution in [3.8, 4) is 10.6 Å². The smallest absolute Gasteiger partial charge is 0.355 e. The lowest BCUT2D eigenvalue weighted by Gasteiger charge is -2.36. The second-order valence-electron chi connectivity index (χ2n) is 6.92. The van der Waals surface area contributed by atoms with Crippen LogP contribution in [0.5, 0.6) is 0 Å². The van der Waals surface area contributed by atoms with Gasteiger partial charge in [0.15, 0.2) is 5.69 Å². The average Bonchev–Trinajstić information content (AvgIpc) is 3.31. The van der Waals surface area contributed by atoms with Crippen LogP contribution in [-0.4, -0.2) is 57.8 Å². The van der Waals surface area contributed by atoms with E-state index in [0.717, 1.165) is 10.4 Å². The van der Waals surface area contributed by atoms with Crippen LogP contribution in [0.3, 0.4) is 0 Å². The highest BCUT2D eigenvalue weighted by Gasteiger charge is 2.27. The van der Waals surface area contributed by atoms with E-state index in [1.54, 1.807) is 29.2 Å². The maximum absolute atomic E-state index is 13.1. The van der Waals surface area contributed by atoms with Gasteiger partial charge in [0.1, 0.15) is 23.1 Å². The zero-order chi connectivity index (χ0) is 22.1. The minimum atomic E-state index is -1.26. The Labute approximate surface area is 191 Å². The second kappa shape index (κ2) is 8.86. The molecule has 0 atom stereocenters. The summed E-state index contributed by atoms with van der Waals surface area (Å²) in [6.07, 6.45) is 0. The molecule has 0 bridgehead atoms. The fourth-order valence-corrected chi connectivity index (χ4v) is 4.86. The molecular weight excluding hydrogens is 466 g/mol. The van der Waals surface area contributed by atoms with E-state index in [2.05, 4.69) is 10.00 Å². The number of piperazine rings is 1. The first-order valence-corrected chi connectivity index (χ1v) is 10.9. The predicted molar refractivity (Wildman–Crippen MR) is 118 cm³/mol. The minimum Gasteiger partial charge on any atom is -0.476 e. The highest BCUT2D eigenvalue weighted by molar-refractivity contribution is 7.19. The molecule has 11 heteroatoms. The van der Waals surface area contributed by atoms with Crippen LogP contribution < -0.4 is 4.90 Å². The van der Waals surface area contributed by atoms with Gasteiger partial charge >= 0.3 is 5.97 Å². The number of aromatic nitrogens is 2. The minimum absolute atomic E-state index is 0.0278. The summed E-state index contributed by atoms with van der Waals surface area (Å²) in [5.41, 5.74) is 0.934. The summed E-state index contributed by atoms with van der Waals surface area (Å²) < 4.78 is 14.8. The van der Waals surface area contributed by atoms with Crippen LogP contribution in [-0.2, 0) is 11.3 Å². The molecular formula is C20H17Cl2FN4O3S. The van der Waals surface area contributed by atoms with Crippen molar-refractivity contribution in [2.24, 2.45) is 0 Å². The van der Waals surface area contributed by atoms with Gasteiger partial charge in [0, 0.05) is 31.9 Å². The molecule has 31 heavy (non-hydrogen) atoms. The zero-order valence-electron chi connectivity index (χ0n) is 16.1. The number of amides is 1. The van der Waals surface area contributed by atoms with Crippen molar-refractivity contribution < 1.29 is 19.1 Å². The standard InChI is InChI=1S/C20H17Cl2FN4O3S/c21-15-6-5-14(31-15)18-17(22)19(20(29)30)27(24-18)11-16(28)26-9-7-25(8-10-26)13-3-1-12(23)2-4-13/h1-6H,7-11H2,(H,29,30). The van der Waals surface area contributed by atoms with Crippen molar-refractivity contribution in [2.45, 2.75) is 6.54 Å². The number of carbonyl (C=O) groups excluding carboxylic acids is 1. The zero-order valence-corrected chi connectivity index (χ0v) is 18.4. The van der Waals surface area contributed by atoms with Gasteiger partial charge in [-0.15, -0.1) is 11.3 Å². The third-order valence-corrected chi connectivity index (χ3v) is 6.61. The molecule has 4 rings (SSSR count). The van der Waals surface area contributed by atoms with Crippen molar-refractivity contribution in [3.05, 3.63) is 57.3 Å². The lowest BCUT2D eigenvalue weighted by atomic mass is 10.2. The molecule has 3 heterocycles. The van der Waals surface area contributed by atoms with E-state index < -0.39 is 5.97 Å². The number of anilines is 1.